The number of hydrogen-bond donors (Lipinski definition) is 2. The Balaban J connectivity index is 2.52. The first-order valence-corrected chi connectivity index (χ1v) is 6.89. The molecule has 0 saturated carbocycles. The molecule has 0 amide bonds. The lowest BCUT2D eigenvalue weighted by Crippen LogP contribution is -2.31. The van der Waals surface area contributed by atoms with E-state index in [4.69, 9.17) is 17.4 Å². The summed E-state index contributed by atoms with van der Waals surface area (Å²) in [7, 11) is 0. The first kappa shape index (κ1) is 15.0. The number of aryl methyl sites for hydroxylation is 2. The van der Waals surface area contributed by atoms with Crippen LogP contribution in [0.4, 0.5) is 4.39 Å². The van der Waals surface area contributed by atoms with Crippen molar-refractivity contribution in [1.29, 1.82) is 0 Å². The molecule has 1 aromatic carbocycles. The van der Waals surface area contributed by atoms with Gasteiger partial charge in [0.15, 0.2) is 0 Å². The molecule has 2 aromatic rings. The molecule has 0 saturated heterocycles. The van der Waals surface area contributed by atoms with E-state index in [9.17, 15) is 4.39 Å². The standard InChI is InChI=1S/C14H18ClFN4/c1-3-6-20-14(11(15)8-18-20)13(19-17)10-7-9(2)4-5-12(10)16/h4-5,7-8,13,19H,3,6,17H2,1-2H3. The summed E-state index contributed by atoms with van der Waals surface area (Å²) < 4.78 is 15.8. The molecule has 1 aromatic heterocycles. The van der Waals surface area contributed by atoms with Crippen molar-refractivity contribution in [3.8, 4) is 0 Å². The molecule has 0 spiro atoms. The van der Waals surface area contributed by atoms with E-state index in [1.165, 1.54) is 6.07 Å². The van der Waals surface area contributed by atoms with E-state index in [2.05, 4.69) is 10.5 Å². The fourth-order valence-corrected chi connectivity index (χ4v) is 2.50. The average Bonchev–Trinajstić information content (AvgIpc) is 2.77. The molecule has 0 aliphatic carbocycles. The Morgan fingerprint density at radius 3 is 2.90 bits per heavy atom. The van der Waals surface area contributed by atoms with Crippen molar-refractivity contribution in [2.24, 2.45) is 5.84 Å². The van der Waals surface area contributed by atoms with Gasteiger partial charge < -0.3 is 0 Å². The monoisotopic (exact) mass is 296 g/mol. The van der Waals surface area contributed by atoms with Crippen molar-refractivity contribution in [2.45, 2.75) is 32.9 Å². The zero-order valence-electron chi connectivity index (χ0n) is 11.5. The van der Waals surface area contributed by atoms with Crippen molar-refractivity contribution in [2.75, 3.05) is 0 Å². The second-order valence-electron chi connectivity index (χ2n) is 4.73. The molecule has 1 heterocycles. The lowest BCUT2D eigenvalue weighted by atomic mass is 10.0. The maximum absolute atomic E-state index is 14.1. The van der Waals surface area contributed by atoms with Crippen LogP contribution in [0.25, 0.3) is 0 Å². The van der Waals surface area contributed by atoms with Gasteiger partial charge in [-0.2, -0.15) is 5.10 Å². The number of rotatable bonds is 5. The fraction of sp³-hybridized carbons (Fsp3) is 0.357. The Morgan fingerprint density at radius 2 is 2.25 bits per heavy atom. The maximum atomic E-state index is 14.1. The van der Waals surface area contributed by atoms with E-state index in [1.807, 2.05) is 13.8 Å². The quantitative estimate of drug-likeness (QED) is 0.659. The number of aromatic nitrogens is 2. The van der Waals surface area contributed by atoms with E-state index >= 15 is 0 Å². The molecule has 0 aliphatic rings. The summed E-state index contributed by atoms with van der Waals surface area (Å²) in [4.78, 5) is 0. The molecule has 4 nitrogen and oxygen atoms in total. The van der Waals surface area contributed by atoms with E-state index in [1.54, 1.807) is 23.0 Å². The zero-order valence-corrected chi connectivity index (χ0v) is 12.3. The van der Waals surface area contributed by atoms with Gasteiger partial charge in [-0.3, -0.25) is 10.5 Å². The minimum absolute atomic E-state index is 0.320. The highest BCUT2D eigenvalue weighted by Gasteiger charge is 2.23. The van der Waals surface area contributed by atoms with Crippen LogP contribution in [-0.2, 0) is 6.54 Å². The van der Waals surface area contributed by atoms with Crippen LogP contribution in [0.3, 0.4) is 0 Å². The van der Waals surface area contributed by atoms with E-state index < -0.39 is 6.04 Å². The van der Waals surface area contributed by atoms with Gasteiger partial charge in [0.25, 0.3) is 0 Å². The van der Waals surface area contributed by atoms with Gasteiger partial charge in [0.1, 0.15) is 5.82 Å². The third kappa shape index (κ3) is 2.85. The number of benzene rings is 1. The van der Waals surface area contributed by atoms with Crippen molar-refractivity contribution >= 4 is 11.6 Å². The Morgan fingerprint density at radius 1 is 1.50 bits per heavy atom. The molecule has 0 fully saturated rings. The first-order chi connectivity index (χ1) is 9.58. The molecule has 1 unspecified atom stereocenters. The number of nitrogens with one attached hydrogen (secondary N) is 1. The van der Waals surface area contributed by atoms with Gasteiger partial charge in [-0.05, 0) is 19.4 Å². The van der Waals surface area contributed by atoms with Crippen LogP contribution in [0, 0.1) is 12.7 Å². The molecular formula is C14H18ClFN4. The van der Waals surface area contributed by atoms with Crippen LogP contribution in [-0.4, -0.2) is 9.78 Å². The van der Waals surface area contributed by atoms with E-state index in [-0.39, 0.29) is 5.82 Å². The highest BCUT2D eigenvalue weighted by molar-refractivity contribution is 6.31. The Bertz CT molecular complexity index is 597. The minimum atomic E-state index is -0.531. The Hall–Kier alpha value is -1.43. The molecule has 6 heteroatoms. The Kier molecular flexibility index (Phi) is 4.75. The topological polar surface area (TPSA) is 55.9 Å². The minimum Gasteiger partial charge on any atom is -0.271 e. The molecule has 108 valence electrons. The Labute approximate surface area is 122 Å². The predicted octanol–water partition coefficient (Wildman–Crippen LogP) is 2.95. The van der Waals surface area contributed by atoms with Crippen LogP contribution in [0.1, 0.15) is 36.2 Å². The van der Waals surface area contributed by atoms with Crippen molar-refractivity contribution < 1.29 is 4.39 Å². The van der Waals surface area contributed by atoms with Gasteiger partial charge in [0.2, 0.25) is 0 Å². The lowest BCUT2D eigenvalue weighted by Gasteiger charge is -2.19. The summed E-state index contributed by atoms with van der Waals surface area (Å²) in [6.45, 7) is 4.65. The number of nitrogens with zero attached hydrogens (tertiary/aromatic N) is 2. The summed E-state index contributed by atoms with van der Waals surface area (Å²) in [5.41, 5.74) is 4.75. The molecule has 0 radical (unpaired) electrons. The number of nitrogens with two attached hydrogens (primary N) is 1. The van der Waals surface area contributed by atoms with Gasteiger partial charge in [-0.25, -0.2) is 9.82 Å². The largest absolute Gasteiger partial charge is 0.271 e. The van der Waals surface area contributed by atoms with Crippen molar-refractivity contribution in [3.63, 3.8) is 0 Å². The maximum Gasteiger partial charge on any atom is 0.128 e. The normalized spacial score (nSPS) is 12.7. The van der Waals surface area contributed by atoms with E-state index in [0.29, 0.717) is 22.8 Å². The summed E-state index contributed by atoms with van der Waals surface area (Å²) in [6, 6.07) is 4.39. The smallest absolute Gasteiger partial charge is 0.128 e. The second-order valence-corrected chi connectivity index (χ2v) is 5.13. The molecule has 0 aliphatic heterocycles. The van der Waals surface area contributed by atoms with Gasteiger partial charge in [0.05, 0.1) is 23.0 Å². The molecule has 20 heavy (non-hydrogen) atoms. The third-order valence-corrected chi connectivity index (χ3v) is 3.46. The summed E-state index contributed by atoms with van der Waals surface area (Å²) >= 11 is 6.19. The fourth-order valence-electron chi connectivity index (χ4n) is 2.25. The molecule has 0 bridgehead atoms. The highest BCUT2D eigenvalue weighted by Crippen LogP contribution is 2.30. The van der Waals surface area contributed by atoms with Crippen LogP contribution >= 0.6 is 11.6 Å². The highest BCUT2D eigenvalue weighted by atomic mass is 35.5. The molecule has 3 N–H and O–H groups in total. The van der Waals surface area contributed by atoms with Crippen LogP contribution in [0.15, 0.2) is 24.4 Å². The molecule has 2 rings (SSSR count). The van der Waals surface area contributed by atoms with Crippen LogP contribution < -0.4 is 11.3 Å². The zero-order chi connectivity index (χ0) is 14.7. The summed E-state index contributed by atoms with van der Waals surface area (Å²) in [5, 5.41) is 4.69. The predicted molar refractivity (Wildman–Crippen MR) is 77.8 cm³/mol. The average molecular weight is 297 g/mol. The number of halogens is 2. The van der Waals surface area contributed by atoms with E-state index in [0.717, 1.165) is 12.0 Å². The SMILES string of the molecule is CCCn1ncc(Cl)c1C(NN)c1cc(C)ccc1F. The molecular weight excluding hydrogens is 279 g/mol. The summed E-state index contributed by atoms with van der Waals surface area (Å²) in [6.07, 6.45) is 2.46. The number of hydrogen-bond acceptors (Lipinski definition) is 3. The van der Waals surface area contributed by atoms with Gasteiger partial charge >= 0.3 is 0 Å². The summed E-state index contributed by atoms with van der Waals surface area (Å²) in [5.74, 6) is 5.31. The second kappa shape index (κ2) is 6.35. The lowest BCUT2D eigenvalue weighted by molar-refractivity contribution is 0.502. The van der Waals surface area contributed by atoms with Crippen molar-refractivity contribution in [3.05, 3.63) is 52.1 Å². The third-order valence-electron chi connectivity index (χ3n) is 3.17. The van der Waals surface area contributed by atoms with Crippen LogP contribution in [0.2, 0.25) is 5.02 Å². The van der Waals surface area contributed by atoms with Crippen molar-refractivity contribution in [1.82, 2.24) is 15.2 Å². The first-order valence-electron chi connectivity index (χ1n) is 6.51. The van der Waals surface area contributed by atoms with Gasteiger partial charge in [-0.1, -0.05) is 36.2 Å². The van der Waals surface area contributed by atoms with Gasteiger partial charge in [0, 0.05) is 12.1 Å². The van der Waals surface area contributed by atoms with Gasteiger partial charge in [-0.15, -0.1) is 0 Å². The number of hydrazine groups is 1. The van der Waals surface area contributed by atoms with Crippen LogP contribution in [0.5, 0.6) is 0 Å². The molecule has 1 atom stereocenters.